The van der Waals surface area contributed by atoms with Gasteiger partial charge in [0.1, 0.15) is 11.5 Å². The number of methoxy groups -OCH3 is 2. The standard InChI is InChI=1S/C17H23N3O2/c1-21-14-6-7-17(22-2)15(13-14)16-5-3-9-19(16)11-12-20-10-4-8-18-20/h4,6-8,10,13,16H,3,5,9,11-12H2,1-2H3/t16-/m1/s1. The molecule has 22 heavy (non-hydrogen) atoms. The highest BCUT2D eigenvalue weighted by atomic mass is 16.5. The van der Waals surface area contributed by atoms with Gasteiger partial charge in [-0.25, -0.2) is 0 Å². The molecular weight excluding hydrogens is 278 g/mol. The quantitative estimate of drug-likeness (QED) is 0.822. The summed E-state index contributed by atoms with van der Waals surface area (Å²) < 4.78 is 12.9. The van der Waals surface area contributed by atoms with E-state index in [1.54, 1.807) is 14.2 Å². The maximum atomic E-state index is 5.56. The molecule has 0 saturated carbocycles. The molecule has 1 aliphatic rings. The van der Waals surface area contributed by atoms with Crippen molar-refractivity contribution >= 4 is 0 Å². The van der Waals surface area contributed by atoms with Gasteiger partial charge in [-0.1, -0.05) is 0 Å². The first-order chi connectivity index (χ1) is 10.8. The lowest BCUT2D eigenvalue weighted by molar-refractivity contribution is 0.237. The number of aromatic nitrogens is 2. The van der Waals surface area contributed by atoms with Crippen molar-refractivity contribution in [2.75, 3.05) is 27.3 Å². The van der Waals surface area contributed by atoms with Gasteiger partial charge in [-0.05, 0) is 43.7 Å². The maximum absolute atomic E-state index is 5.56. The third-order valence-electron chi connectivity index (χ3n) is 4.34. The van der Waals surface area contributed by atoms with Crippen LogP contribution in [0.2, 0.25) is 0 Å². The van der Waals surface area contributed by atoms with E-state index in [1.165, 1.54) is 12.0 Å². The van der Waals surface area contributed by atoms with Crippen molar-refractivity contribution in [2.24, 2.45) is 0 Å². The van der Waals surface area contributed by atoms with Crippen LogP contribution in [0.1, 0.15) is 24.4 Å². The molecule has 5 nitrogen and oxygen atoms in total. The molecule has 0 radical (unpaired) electrons. The Morgan fingerprint density at radius 3 is 2.86 bits per heavy atom. The van der Waals surface area contributed by atoms with E-state index in [-0.39, 0.29) is 0 Å². The van der Waals surface area contributed by atoms with Gasteiger partial charge in [-0.2, -0.15) is 5.10 Å². The molecule has 0 amide bonds. The molecule has 118 valence electrons. The zero-order valence-corrected chi connectivity index (χ0v) is 13.2. The van der Waals surface area contributed by atoms with Crippen LogP contribution in [0.15, 0.2) is 36.7 Å². The van der Waals surface area contributed by atoms with Gasteiger partial charge >= 0.3 is 0 Å². The van der Waals surface area contributed by atoms with Crippen molar-refractivity contribution in [3.8, 4) is 11.5 Å². The van der Waals surface area contributed by atoms with Crippen LogP contribution < -0.4 is 9.47 Å². The summed E-state index contributed by atoms with van der Waals surface area (Å²) in [5.74, 6) is 1.83. The summed E-state index contributed by atoms with van der Waals surface area (Å²) in [6, 6.07) is 8.41. The van der Waals surface area contributed by atoms with Gasteiger partial charge in [0.25, 0.3) is 0 Å². The zero-order valence-electron chi connectivity index (χ0n) is 13.2. The van der Waals surface area contributed by atoms with Crippen molar-refractivity contribution in [1.82, 2.24) is 14.7 Å². The minimum absolute atomic E-state index is 0.389. The van der Waals surface area contributed by atoms with Crippen LogP contribution in [-0.2, 0) is 6.54 Å². The van der Waals surface area contributed by atoms with E-state index in [0.717, 1.165) is 37.6 Å². The van der Waals surface area contributed by atoms with Gasteiger partial charge in [-0.3, -0.25) is 9.58 Å². The third kappa shape index (κ3) is 3.09. The Hall–Kier alpha value is -2.01. The second kappa shape index (κ2) is 6.83. The smallest absolute Gasteiger partial charge is 0.123 e. The van der Waals surface area contributed by atoms with Crippen molar-refractivity contribution in [3.05, 3.63) is 42.2 Å². The topological polar surface area (TPSA) is 39.5 Å². The van der Waals surface area contributed by atoms with E-state index in [0.29, 0.717) is 6.04 Å². The highest BCUT2D eigenvalue weighted by Gasteiger charge is 2.28. The average Bonchev–Trinajstić information content (AvgIpc) is 3.23. The summed E-state index contributed by atoms with van der Waals surface area (Å²) >= 11 is 0. The lowest BCUT2D eigenvalue weighted by Crippen LogP contribution is -2.27. The molecule has 0 spiro atoms. The van der Waals surface area contributed by atoms with E-state index in [4.69, 9.17) is 9.47 Å². The summed E-state index contributed by atoms with van der Waals surface area (Å²) in [5, 5.41) is 4.28. The Balaban J connectivity index is 1.77. The van der Waals surface area contributed by atoms with Crippen LogP contribution in [0.25, 0.3) is 0 Å². The Bertz CT molecular complexity index is 598. The maximum Gasteiger partial charge on any atom is 0.123 e. The van der Waals surface area contributed by atoms with Gasteiger partial charge < -0.3 is 9.47 Å². The molecule has 3 rings (SSSR count). The molecule has 0 N–H and O–H groups in total. The first-order valence-corrected chi connectivity index (χ1v) is 7.75. The molecule has 0 bridgehead atoms. The fraction of sp³-hybridized carbons (Fsp3) is 0.471. The van der Waals surface area contributed by atoms with Crippen LogP contribution in [-0.4, -0.2) is 42.0 Å². The molecule has 0 unspecified atom stereocenters. The van der Waals surface area contributed by atoms with Crippen molar-refractivity contribution in [1.29, 1.82) is 0 Å². The van der Waals surface area contributed by atoms with Crippen LogP contribution in [0.4, 0.5) is 0 Å². The molecule has 2 aromatic rings. The van der Waals surface area contributed by atoms with Gasteiger partial charge in [-0.15, -0.1) is 0 Å². The second-order valence-corrected chi connectivity index (χ2v) is 5.57. The molecule has 1 saturated heterocycles. The minimum Gasteiger partial charge on any atom is -0.497 e. The van der Waals surface area contributed by atoms with Gasteiger partial charge in [0.15, 0.2) is 0 Å². The molecule has 1 fully saturated rings. The lowest BCUT2D eigenvalue weighted by atomic mass is 10.0. The van der Waals surface area contributed by atoms with E-state index < -0.39 is 0 Å². The normalized spacial score (nSPS) is 18.5. The molecular formula is C17H23N3O2. The molecule has 0 aliphatic carbocycles. The molecule has 1 aromatic heterocycles. The largest absolute Gasteiger partial charge is 0.497 e. The monoisotopic (exact) mass is 301 g/mol. The fourth-order valence-electron chi connectivity index (χ4n) is 3.21. The number of hydrogen-bond acceptors (Lipinski definition) is 4. The summed E-state index contributed by atoms with van der Waals surface area (Å²) in [6.45, 7) is 3.02. The Labute approximate surface area is 131 Å². The van der Waals surface area contributed by atoms with Crippen LogP contribution in [0.5, 0.6) is 11.5 Å². The lowest BCUT2D eigenvalue weighted by Gasteiger charge is -2.26. The van der Waals surface area contributed by atoms with E-state index >= 15 is 0 Å². The SMILES string of the molecule is COc1ccc(OC)c([C@H]2CCCN2CCn2cccn2)c1. The Morgan fingerprint density at radius 2 is 2.14 bits per heavy atom. The number of benzene rings is 1. The highest BCUT2D eigenvalue weighted by Crippen LogP contribution is 2.38. The zero-order chi connectivity index (χ0) is 15.4. The number of likely N-dealkylation sites (tertiary alicyclic amines) is 1. The summed E-state index contributed by atoms with van der Waals surface area (Å²) in [4.78, 5) is 2.51. The Kier molecular flexibility index (Phi) is 4.63. The van der Waals surface area contributed by atoms with Crippen molar-refractivity contribution in [2.45, 2.75) is 25.4 Å². The van der Waals surface area contributed by atoms with Gasteiger partial charge in [0, 0.05) is 30.5 Å². The molecule has 5 heteroatoms. The van der Waals surface area contributed by atoms with E-state index in [2.05, 4.69) is 16.1 Å². The molecule has 1 aliphatic heterocycles. The van der Waals surface area contributed by atoms with E-state index in [1.807, 2.05) is 35.3 Å². The fourth-order valence-corrected chi connectivity index (χ4v) is 3.21. The first-order valence-electron chi connectivity index (χ1n) is 7.75. The predicted molar refractivity (Wildman–Crippen MR) is 85.3 cm³/mol. The van der Waals surface area contributed by atoms with Gasteiger partial charge in [0.05, 0.1) is 20.8 Å². The van der Waals surface area contributed by atoms with Crippen LogP contribution in [0.3, 0.4) is 0 Å². The number of hydrogen-bond donors (Lipinski definition) is 0. The van der Waals surface area contributed by atoms with Crippen molar-refractivity contribution < 1.29 is 9.47 Å². The number of nitrogens with zero attached hydrogens (tertiary/aromatic N) is 3. The molecule has 2 heterocycles. The second-order valence-electron chi connectivity index (χ2n) is 5.57. The first kappa shape index (κ1) is 14.9. The molecule has 1 aromatic carbocycles. The highest BCUT2D eigenvalue weighted by molar-refractivity contribution is 5.42. The summed E-state index contributed by atoms with van der Waals surface area (Å²) in [7, 11) is 3.43. The number of rotatable bonds is 6. The minimum atomic E-state index is 0.389. The summed E-state index contributed by atoms with van der Waals surface area (Å²) in [5.41, 5.74) is 1.22. The molecule has 1 atom stereocenters. The van der Waals surface area contributed by atoms with Crippen LogP contribution >= 0.6 is 0 Å². The third-order valence-corrected chi connectivity index (χ3v) is 4.34. The van der Waals surface area contributed by atoms with Crippen molar-refractivity contribution in [3.63, 3.8) is 0 Å². The van der Waals surface area contributed by atoms with Gasteiger partial charge in [0.2, 0.25) is 0 Å². The number of ether oxygens (including phenoxy) is 2. The van der Waals surface area contributed by atoms with E-state index in [9.17, 15) is 0 Å². The average molecular weight is 301 g/mol. The van der Waals surface area contributed by atoms with Crippen LogP contribution in [0, 0.1) is 0 Å². The predicted octanol–water partition coefficient (Wildman–Crippen LogP) is 2.74. The Morgan fingerprint density at radius 1 is 1.23 bits per heavy atom. The summed E-state index contributed by atoms with van der Waals surface area (Å²) in [6.07, 6.45) is 6.20.